The van der Waals surface area contributed by atoms with Gasteiger partial charge in [-0.1, -0.05) is 32.9 Å². The SMILES string of the molecule is Cn1c(CNC2CC2)nc2c(C(C)(C)C)cccc21. The number of hydrogen-bond donors (Lipinski definition) is 1. The lowest BCUT2D eigenvalue weighted by molar-refractivity contribution is 0.594. The molecule has 1 aliphatic rings. The summed E-state index contributed by atoms with van der Waals surface area (Å²) in [6, 6.07) is 7.23. The highest BCUT2D eigenvalue weighted by atomic mass is 15.1. The zero-order valence-electron chi connectivity index (χ0n) is 12.3. The van der Waals surface area contributed by atoms with Crippen molar-refractivity contribution >= 4 is 11.0 Å². The van der Waals surface area contributed by atoms with Gasteiger partial charge in [0.05, 0.1) is 17.6 Å². The number of rotatable bonds is 3. The number of aromatic nitrogens is 2. The van der Waals surface area contributed by atoms with Crippen molar-refractivity contribution in [1.82, 2.24) is 14.9 Å². The van der Waals surface area contributed by atoms with Crippen LogP contribution in [0.2, 0.25) is 0 Å². The first-order chi connectivity index (χ1) is 8.97. The van der Waals surface area contributed by atoms with E-state index < -0.39 is 0 Å². The second-order valence-electron chi connectivity index (χ2n) is 6.67. The molecule has 3 rings (SSSR count). The Morgan fingerprint density at radius 3 is 2.68 bits per heavy atom. The van der Waals surface area contributed by atoms with Crippen LogP contribution < -0.4 is 5.32 Å². The van der Waals surface area contributed by atoms with Crippen LogP contribution in [0.5, 0.6) is 0 Å². The average Bonchev–Trinajstić information content (AvgIpc) is 3.11. The maximum Gasteiger partial charge on any atom is 0.123 e. The second-order valence-corrected chi connectivity index (χ2v) is 6.67. The molecule has 0 saturated heterocycles. The summed E-state index contributed by atoms with van der Waals surface area (Å²) < 4.78 is 2.22. The van der Waals surface area contributed by atoms with Crippen LogP contribution in [0.3, 0.4) is 0 Å². The minimum absolute atomic E-state index is 0.134. The highest BCUT2D eigenvalue weighted by molar-refractivity contribution is 5.80. The Morgan fingerprint density at radius 2 is 2.05 bits per heavy atom. The van der Waals surface area contributed by atoms with E-state index in [1.807, 2.05) is 0 Å². The molecule has 0 amide bonds. The molecule has 0 aliphatic heterocycles. The van der Waals surface area contributed by atoms with Gasteiger partial charge in [-0.05, 0) is 29.9 Å². The standard InChI is InChI=1S/C16H23N3/c1-16(2,3)12-6-5-7-13-15(12)18-14(19(13)4)10-17-11-8-9-11/h5-7,11,17H,8-10H2,1-4H3. The molecule has 2 aromatic rings. The van der Waals surface area contributed by atoms with E-state index in [1.165, 1.54) is 23.9 Å². The molecule has 1 aromatic heterocycles. The third-order valence-electron chi connectivity index (χ3n) is 3.94. The number of fused-ring (bicyclic) bond motifs is 1. The molecule has 0 bridgehead atoms. The monoisotopic (exact) mass is 257 g/mol. The molecule has 19 heavy (non-hydrogen) atoms. The van der Waals surface area contributed by atoms with Gasteiger partial charge in [0.25, 0.3) is 0 Å². The highest BCUT2D eigenvalue weighted by Crippen LogP contribution is 2.29. The normalized spacial score (nSPS) is 16.2. The van der Waals surface area contributed by atoms with Crippen molar-refractivity contribution < 1.29 is 0 Å². The van der Waals surface area contributed by atoms with Crippen LogP contribution in [-0.4, -0.2) is 15.6 Å². The zero-order valence-corrected chi connectivity index (χ0v) is 12.3. The topological polar surface area (TPSA) is 29.9 Å². The van der Waals surface area contributed by atoms with E-state index in [4.69, 9.17) is 4.98 Å². The molecule has 0 radical (unpaired) electrons. The fourth-order valence-corrected chi connectivity index (χ4v) is 2.55. The van der Waals surface area contributed by atoms with Crippen molar-refractivity contribution in [2.75, 3.05) is 0 Å². The quantitative estimate of drug-likeness (QED) is 0.915. The summed E-state index contributed by atoms with van der Waals surface area (Å²) in [4.78, 5) is 4.88. The van der Waals surface area contributed by atoms with E-state index in [0.717, 1.165) is 23.9 Å². The summed E-state index contributed by atoms with van der Waals surface area (Å²) in [5, 5.41) is 3.55. The van der Waals surface area contributed by atoms with Crippen molar-refractivity contribution in [3.05, 3.63) is 29.6 Å². The number of imidazole rings is 1. The third kappa shape index (κ3) is 2.39. The van der Waals surface area contributed by atoms with Gasteiger partial charge in [0, 0.05) is 13.1 Å². The Kier molecular flexibility index (Phi) is 2.90. The molecular formula is C16H23N3. The van der Waals surface area contributed by atoms with Crippen molar-refractivity contribution in [1.29, 1.82) is 0 Å². The molecule has 1 saturated carbocycles. The highest BCUT2D eigenvalue weighted by Gasteiger charge is 2.23. The van der Waals surface area contributed by atoms with E-state index in [1.54, 1.807) is 0 Å². The van der Waals surface area contributed by atoms with Crippen molar-refractivity contribution in [2.45, 2.75) is 51.6 Å². The van der Waals surface area contributed by atoms with Crippen LogP contribution in [0.15, 0.2) is 18.2 Å². The van der Waals surface area contributed by atoms with Crippen molar-refractivity contribution in [2.24, 2.45) is 7.05 Å². The molecule has 1 N–H and O–H groups in total. The summed E-state index contributed by atoms with van der Waals surface area (Å²) >= 11 is 0. The Morgan fingerprint density at radius 1 is 1.32 bits per heavy atom. The van der Waals surface area contributed by atoms with Crippen LogP contribution in [0.4, 0.5) is 0 Å². The number of nitrogens with one attached hydrogen (secondary N) is 1. The first kappa shape index (κ1) is 12.7. The molecule has 3 heteroatoms. The Labute approximate surface area is 115 Å². The summed E-state index contributed by atoms with van der Waals surface area (Å²) in [6.45, 7) is 7.62. The first-order valence-electron chi connectivity index (χ1n) is 7.15. The zero-order chi connectivity index (χ0) is 13.6. The largest absolute Gasteiger partial charge is 0.330 e. The lowest BCUT2D eigenvalue weighted by Crippen LogP contribution is -2.18. The van der Waals surface area contributed by atoms with Gasteiger partial charge in [-0.3, -0.25) is 0 Å². The molecule has 102 valence electrons. The molecular weight excluding hydrogens is 234 g/mol. The van der Waals surface area contributed by atoms with E-state index in [-0.39, 0.29) is 5.41 Å². The van der Waals surface area contributed by atoms with Gasteiger partial charge in [0.2, 0.25) is 0 Å². The number of para-hydroxylation sites is 1. The average molecular weight is 257 g/mol. The summed E-state index contributed by atoms with van der Waals surface area (Å²) in [7, 11) is 2.12. The summed E-state index contributed by atoms with van der Waals surface area (Å²) in [5.74, 6) is 1.14. The van der Waals surface area contributed by atoms with Gasteiger partial charge < -0.3 is 9.88 Å². The van der Waals surface area contributed by atoms with E-state index in [2.05, 4.69) is 55.9 Å². The van der Waals surface area contributed by atoms with E-state index >= 15 is 0 Å². The van der Waals surface area contributed by atoms with Gasteiger partial charge in [-0.25, -0.2) is 4.98 Å². The van der Waals surface area contributed by atoms with Gasteiger partial charge in [-0.2, -0.15) is 0 Å². The predicted molar refractivity (Wildman–Crippen MR) is 79.3 cm³/mol. The maximum atomic E-state index is 4.88. The van der Waals surface area contributed by atoms with Crippen LogP contribution in [0, 0.1) is 0 Å². The van der Waals surface area contributed by atoms with Gasteiger partial charge in [0.1, 0.15) is 5.82 Å². The van der Waals surface area contributed by atoms with E-state index in [9.17, 15) is 0 Å². The lowest BCUT2D eigenvalue weighted by atomic mass is 9.86. The van der Waals surface area contributed by atoms with Crippen molar-refractivity contribution in [3.63, 3.8) is 0 Å². The number of benzene rings is 1. The first-order valence-corrected chi connectivity index (χ1v) is 7.15. The second kappa shape index (κ2) is 4.34. The summed E-state index contributed by atoms with van der Waals surface area (Å²) in [5.41, 5.74) is 3.86. The third-order valence-corrected chi connectivity index (χ3v) is 3.94. The molecule has 0 unspecified atom stereocenters. The number of nitrogens with zero attached hydrogens (tertiary/aromatic N) is 2. The van der Waals surface area contributed by atoms with Crippen LogP contribution >= 0.6 is 0 Å². The molecule has 1 fully saturated rings. The molecule has 0 spiro atoms. The van der Waals surface area contributed by atoms with Gasteiger partial charge in [-0.15, -0.1) is 0 Å². The van der Waals surface area contributed by atoms with Crippen LogP contribution in [0.25, 0.3) is 11.0 Å². The molecule has 1 aromatic carbocycles. The number of aryl methyl sites for hydroxylation is 1. The van der Waals surface area contributed by atoms with Crippen LogP contribution in [-0.2, 0) is 19.0 Å². The Balaban J connectivity index is 2.03. The smallest absolute Gasteiger partial charge is 0.123 e. The van der Waals surface area contributed by atoms with Gasteiger partial charge in [0.15, 0.2) is 0 Å². The Hall–Kier alpha value is -1.35. The lowest BCUT2D eigenvalue weighted by Gasteiger charge is -2.19. The fraction of sp³-hybridized carbons (Fsp3) is 0.562. The van der Waals surface area contributed by atoms with E-state index in [0.29, 0.717) is 0 Å². The predicted octanol–water partition coefficient (Wildman–Crippen LogP) is 3.12. The molecule has 0 atom stereocenters. The number of hydrogen-bond acceptors (Lipinski definition) is 2. The van der Waals surface area contributed by atoms with Crippen molar-refractivity contribution in [3.8, 4) is 0 Å². The summed E-state index contributed by atoms with van der Waals surface area (Å²) in [6.07, 6.45) is 2.63. The van der Waals surface area contributed by atoms with Crippen LogP contribution in [0.1, 0.15) is 45.0 Å². The minimum Gasteiger partial charge on any atom is -0.330 e. The molecule has 3 nitrogen and oxygen atoms in total. The fourth-order valence-electron chi connectivity index (χ4n) is 2.55. The molecule has 1 aliphatic carbocycles. The Bertz CT molecular complexity index is 600. The molecule has 1 heterocycles. The maximum absolute atomic E-state index is 4.88. The van der Waals surface area contributed by atoms with Gasteiger partial charge >= 0.3 is 0 Å². The minimum atomic E-state index is 0.134.